The van der Waals surface area contributed by atoms with Gasteiger partial charge in [-0.3, -0.25) is 0 Å². The molecule has 2 aromatic rings. The third kappa shape index (κ3) is 2.90. The first-order valence-corrected chi connectivity index (χ1v) is 5.86. The van der Waals surface area contributed by atoms with Crippen molar-refractivity contribution >= 4 is 11.6 Å². The lowest BCUT2D eigenvalue weighted by Crippen LogP contribution is -2.17. The van der Waals surface area contributed by atoms with E-state index in [2.05, 4.69) is 10.4 Å². The fraction of sp³-hybridized carbons (Fsp3) is 0.250. The number of benzene rings is 1. The number of nitrogens with one attached hydrogen (secondary N) is 1. The standard InChI is InChI=1S/C12H11ClF3N3/c1-17-6-8-7-18-19(11(8)12(14,15)16)10-4-2-9(13)3-5-10/h2-5,7,17H,6H2,1H3. The van der Waals surface area contributed by atoms with Crippen LogP contribution in [0.4, 0.5) is 13.2 Å². The molecule has 0 spiro atoms. The molecule has 0 aliphatic rings. The van der Waals surface area contributed by atoms with E-state index in [0.717, 1.165) is 4.68 Å². The van der Waals surface area contributed by atoms with Crippen molar-refractivity contribution in [2.24, 2.45) is 0 Å². The highest BCUT2D eigenvalue weighted by Crippen LogP contribution is 2.33. The number of aromatic nitrogens is 2. The topological polar surface area (TPSA) is 29.9 Å². The molecule has 0 saturated heterocycles. The summed E-state index contributed by atoms with van der Waals surface area (Å²) in [5.41, 5.74) is -0.354. The monoisotopic (exact) mass is 289 g/mol. The molecule has 0 saturated carbocycles. The SMILES string of the molecule is CNCc1cnn(-c2ccc(Cl)cc2)c1C(F)(F)F. The van der Waals surface area contributed by atoms with E-state index in [1.54, 1.807) is 7.05 Å². The van der Waals surface area contributed by atoms with Crippen LogP contribution in [0.3, 0.4) is 0 Å². The van der Waals surface area contributed by atoms with E-state index in [-0.39, 0.29) is 12.1 Å². The summed E-state index contributed by atoms with van der Waals surface area (Å²) in [4.78, 5) is 0. The summed E-state index contributed by atoms with van der Waals surface area (Å²) in [6, 6.07) is 6.04. The highest BCUT2D eigenvalue weighted by atomic mass is 35.5. The molecule has 7 heteroatoms. The molecule has 0 aliphatic heterocycles. The highest BCUT2D eigenvalue weighted by molar-refractivity contribution is 6.30. The van der Waals surface area contributed by atoms with Crippen molar-refractivity contribution in [1.29, 1.82) is 0 Å². The van der Waals surface area contributed by atoms with E-state index in [1.807, 2.05) is 0 Å². The molecule has 0 aliphatic carbocycles. The summed E-state index contributed by atoms with van der Waals surface area (Å²) in [6.07, 6.45) is -3.25. The van der Waals surface area contributed by atoms with Crippen molar-refractivity contribution in [1.82, 2.24) is 15.1 Å². The molecular weight excluding hydrogens is 279 g/mol. The first-order chi connectivity index (χ1) is 8.93. The lowest BCUT2D eigenvalue weighted by atomic mass is 10.2. The molecule has 0 unspecified atom stereocenters. The molecule has 0 amide bonds. The fourth-order valence-corrected chi connectivity index (χ4v) is 1.91. The van der Waals surface area contributed by atoms with Gasteiger partial charge in [-0.2, -0.15) is 18.3 Å². The van der Waals surface area contributed by atoms with Gasteiger partial charge in [0, 0.05) is 17.1 Å². The zero-order valence-electron chi connectivity index (χ0n) is 10.0. The average molecular weight is 290 g/mol. The van der Waals surface area contributed by atoms with Gasteiger partial charge in [-0.25, -0.2) is 4.68 Å². The number of hydrogen-bond acceptors (Lipinski definition) is 2. The van der Waals surface area contributed by atoms with Crippen LogP contribution in [0.15, 0.2) is 30.5 Å². The molecule has 1 heterocycles. The molecule has 0 fully saturated rings. The molecule has 2 rings (SSSR count). The Kier molecular flexibility index (Phi) is 3.82. The van der Waals surface area contributed by atoms with Crippen LogP contribution in [0.5, 0.6) is 0 Å². The van der Waals surface area contributed by atoms with Crippen LogP contribution in [-0.2, 0) is 12.7 Å². The summed E-state index contributed by atoms with van der Waals surface area (Å²) in [7, 11) is 1.58. The van der Waals surface area contributed by atoms with Gasteiger partial charge in [0.05, 0.1) is 11.9 Å². The normalized spacial score (nSPS) is 11.8. The number of halogens is 4. The van der Waals surface area contributed by atoms with Crippen LogP contribution in [0.1, 0.15) is 11.3 Å². The molecule has 0 atom stereocenters. The Morgan fingerprint density at radius 2 is 1.89 bits per heavy atom. The van der Waals surface area contributed by atoms with Crippen LogP contribution in [0, 0.1) is 0 Å². The van der Waals surface area contributed by atoms with Crippen molar-refractivity contribution in [3.05, 3.63) is 46.7 Å². The van der Waals surface area contributed by atoms with E-state index < -0.39 is 11.9 Å². The minimum absolute atomic E-state index is 0.0996. The lowest BCUT2D eigenvalue weighted by molar-refractivity contribution is -0.143. The van der Waals surface area contributed by atoms with Crippen LogP contribution in [0.25, 0.3) is 5.69 Å². The second kappa shape index (κ2) is 5.22. The van der Waals surface area contributed by atoms with Gasteiger partial charge in [0.2, 0.25) is 0 Å². The Morgan fingerprint density at radius 3 is 2.42 bits per heavy atom. The second-order valence-corrected chi connectivity index (χ2v) is 4.37. The Morgan fingerprint density at radius 1 is 1.26 bits per heavy atom. The summed E-state index contributed by atoms with van der Waals surface area (Å²) in [5, 5.41) is 6.97. The van der Waals surface area contributed by atoms with Gasteiger partial charge >= 0.3 is 6.18 Å². The summed E-state index contributed by atoms with van der Waals surface area (Å²) < 4.78 is 40.2. The second-order valence-electron chi connectivity index (χ2n) is 3.93. The molecule has 3 nitrogen and oxygen atoms in total. The smallest absolute Gasteiger partial charge is 0.316 e. The first-order valence-electron chi connectivity index (χ1n) is 5.48. The number of alkyl halides is 3. The van der Waals surface area contributed by atoms with Gasteiger partial charge in [-0.1, -0.05) is 11.6 Å². The molecular formula is C12H11ClF3N3. The van der Waals surface area contributed by atoms with Crippen LogP contribution in [-0.4, -0.2) is 16.8 Å². The molecule has 0 bridgehead atoms. The Bertz CT molecular complexity index is 561. The van der Waals surface area contributed by atoms with Crippen molar-refractivity contribution in [2.45, 2.75) is 12.7 Å². The van der Waals surface area contributed by atoms with Crippen LogP contribution >= 0.6 is 11.6 Å². The molecule has 0 radical (unpaired) electrons. The third-order valence-electron chi connectivity index (χ3n) is 2.55. The highest BCUT2D eigenvalue weighted by Gasteiger charge is 2.38. The van der Waals surface area contributed by atoms with E-state index in [1.165, 1.54) is 30.5 Å². The van der Waals surface area contributed by atoms with E-state index in [9.17, 15) is 13.2 Å². The largest absolute Gasteiger partial charge is 0.433 e. The van der Waals surface area contributed by atoms with E-state index in [0.29, 0.717) is 10.7 Å². The Hall–Kier alpha value is -1.53. The fourth-order valence-electron chi connectivity index (χ4n) is 1.78. The van der Waals surface area contributed by atoms with Gasteiger partial charge in [0.1, 0.15) is 0 Å². The maximum atomic E-state index is 13.1. The summed E-state index contributed by atoms with van der Waals surface area (Å²) in [5.74, 6) is 0. The maximum absolute atomic E-state index is 13.1. The minimum Gasteiger partial charge on any atom is -0.316 e. The van der Waals surface area contributed by atoms with Crippen LogP contribution < -0.4 is 5.32 Å². The molecule has 1 N–H and O–H groups in total. The first kappa shape index (κ1) is 13.9. The average Bonchev–Trinajstić information content (AvgIpc) is 2.74. The van der Waals surface area contributed by atoms with Gasteiger partial charge in [-0.05, 0) is 31.3 Å². The Labute approximate surface area is 113 Å². The zero-order chi connectivity index (χ0) is 14.0. The zero-order valence-corrected chi connectivity index (χ0v) is 10.8. The van der Waals surface area contributed by atoms with Gasteiger partial charge < -0.3 is 5.32 Å². The van der Waals surface area contributed by atoms with Crippen molar-refractivity contribution in [3.63, 3.8) is 0 Å². The summed E-state index contributed by atoms with van der Waals surface area (Å²) >= 11 is 5.72. The van der Waals surface area contributed by atoms with E-state index in [4.69, 9.17) is 11.6 Å². The predicted octanol–water partition coefficient (Wildman–Crippen LogP) is 3.26. The number of rotatable bonds is 3. The number of hydrogen-bond donors (Lipinski definition) is 1. The molecule has 1 aromatic heterocycles. The quantitative estimate of drug-likeness (QED) is 0.940. The van der Waals surface area contributed by atoms with Crippen LogP contribution in [0.2, 0.25) is 5.02 Å². The van der Waals surface area contributed by atoms with Crippen molar-refractivity contribution < 1.29 is 13.2 Å². The minimum atomic E-state index is -4.47. The van der Waals surface area contributed by atoms with Gasteiger partial charge in [-0.15, -0.1) is 0 Å². The molecule has 102 valence electrons. The third-order valence-corrected chi connectivity index (χ3v) is 2.80. The predicted molar refractivity (Wildman–Crippen MR) is 66.3 cm³/mol. The summed E-state index contributed by atoms with van der Waals surface area (Å²) in [6.45, 7) is 0.0996. The van der Waals surface area contributed by atoms with Gasteiger partial charge in [0.15, 0.2) is 5.69 Å². The van der Waals surface area contributed by atoms with Gasteiger partial charge in [0.25, 0.3) is 0 Å². The van der Waals surface area contributed by atoms with Crippen molar-refractivity contribution in [3.8, 4) is 5.69 Å². The number of nitrogens with zero attached hydrogens (tertiary/aromatic N) is 2. The van der Waals surface area contributed by atoms with E-state index >= 15 is 0 Å². The maximum Gasteiger partial charge on any atom is 0.433 e. The molecule has 19 heavy (non-hydrogen) atoms. The van der Waals surface area contributed by atoms with Crippen molar-refractivity contribution in [2.75, 3.05) is 7.05 Å². The Balaban J connectivity index is 2.54. The lowest BCUT2D eigenvalue weighted by Gasteiger charge is -2.12. The molecule has 1 aromatic carbocycles.